The Morgan fingerprint density at radius 2 is 1.69 bits per heavy atom. The monoisotopic (exact) mass is 468 g/mol. The third-order valence-corrected chi connectivity index (χ3v) is 5.54. The van der Waals surface area contributed by atoms with E-state index in [1.54, 1.807) is 0 Å². The fourth-order valence-corrected chi connectivity index (χ4v) is 3.76. The van der Waals surface area contributed by atoms with Gasteiger partial charge in [0.2, 0.25) is 5.91 Å². The molecule has 0 spiro atoms. The number of piperazine rings is 1. The molecule has 2 saturated heterocycles. The molecule has 9 heteroatoms. The molecule has 3 rings (SSSR count). The average Bonchev–Trinajstić information content (AvgIpc) is 3.17. The van der Waals surface area contributed by atoms with Crippen LogP contribution in [0, 0.1) is 0 Å². The molecule has 2 heterocycles. The smallest absolute Gasteiger partial charge is 0.249 e. The molecule has 1 aromatic rings. The molecule has 0 bridgehead atoms. The lowest BCUT2D eigenvalue weighted by Gasteiger charge is -2.34. The quantitative estimate of drug-likeness (QED) is 0.641. The van der Waals surface area contributed by atoms with Crippen molar-refractivity contribution in [3.8, 4) is 0 Å². The Morgan fingerprint density at radius 3 is 2.28 bits per heavy atom. The highest BCUT2D eigenvalue weighted by Crippen LogP contribution is 2.19. The van der Waals surface area contributed by atoms with Crippen LogP contribution in [-0.4, -0.2) is 67.2 Å². The first-order valence-corrected chi connectivity index (χ1v) is 9.84. The molecule has 1 aromatic carbocycles. The van der Waals surface area contributed by atoms with Crippen LogP contribution in [0.3, 0.4) is 0 Å². The van der Waals surface area contributed by atoms with E-state index in [2.05, 4.69) is 40.2 Å². The maximum Gasteiger partial charge on any atom is 0.249 e. The highest BCUT2D eigenvalue weighted by molar-refractivity contribution is 5.86. The molecular weight excluding hydrogens is 435 g/mol. The summed E-state index contributed by atoms with van der Waals surface area (Å²) in [6.45, 7) is 9.80. The Bertz CT molecular complexity index is 601. The summed E-state index contributed by atoms with van der Waals surface area (Å²) in [7, 11) is 0. The minimum Gasteiger partial charge on any atom is -0.364 e. The van der Waals surface area contributed by atoms with Crippen molar-refractivity contribution in [3.05, 3.63) is 35.4 Å². The summed E-state index contributed by atoms with van der Waals surface area (Å²) in [5.74, 6) is -0.0210. The molecule has 0 radical (unpaired) electrons. The van der Waals surface area contributed by atoms with Crippen LogP contribution in [-0.2, 0) is 22.6 Å². The van der Waals surface area contributed by atoms with Crippen LogP contribution in [0.1, 0.15) is 30.9 Å². The number of nitrogens with zero attached hydrogens (tertiary/aromatic N) is 2. The molecule has 3 N–H and O–H groups in total. The van der Waals surface area contributed by atoms with E-state index in [1.807, 2.05) is 6.07 Å². The Balaban J connectivity index is 0.00000261. The molecule has 0 unspecified atom stereocenters. The summed E-state index contributed by atoms with van der Waals surface area (Å²) < 4.78 is 5.68. The summed E-state index contributed by atoms with van der Waals surface area (Å²) in [5, 5.41) is 3.05. The zero-order chi connectivity index (χ0) is 18.4. The molecular formula is C20H35Cl3N4O2. The number of hydrogen-bond donors (Lipinski definition) is 2. The fraction of sp³-hybridized carbons (Fsp3) is 0.650. The van der Waals surface area contributed by atoms with Gasteiger partial charge in [-0.3, -0.25) is 9.69 Å². The molecule has 1 amide bonds. The number of carbonyl (C=O) groups excluding carboxylic acids is 1. The van der Waals surface area contributed by atoms with Gasteiger partial charge < -0.3 is 20.7 Å². The number of nitrogens with two attached hydrogens (primary N) is 1. The van der Waals surface area contributed by atoms with E-state index in [-0.39, 0.29) is 55.3 Å². The largest absolute Gasteiger partial charge is 0.364 e. The van der Waals surface area contributed by atoms with E-state index >= 15 is 0 Å². The lowest BCUT2D eigenvalue weighted by Crippen LogP contribution is -2.45. The molecule has 29 heavy (non-hydrogen) atoms. The van der Waals surface area contributed by atoms with Gasteiger partial charge in [-0.1, -0.05) is 31.2 Å². The fourth-order valence-electron chi connectivity index (χ4n) is 3.76. The van der Waals surface area contributed by atoms with Gasteiger partial charge in [-0.15, -0.1) is 37.2 Å². The predicted molar refractivity (Wildman–Crippen MR) is 124 cm³/mol. The van der Waals surface area contributed by atoms with Crippen LogP contribution < -0.4 is 11.1 Å². The maximum absolute atomic E-state index is 12.4. The van der Waals surface area contributed by atoms with Gasteiger partial charge in [0.05, 0.1) is 6.10 Å². The SMILES string of the molecule is CCN1CCN(Cc2ccccc2CNC(=O)[C@@H]2CC[C@H](CN)O2)CC1.Cl.Cl.Cl. The van der Waals surface area contributed by atoms with E-state index in [9.17, 15) is 4.79 Å². The van der Waals surface area contributed by atoms with Gasteiger partial charge in [-0.05, 0) is 30.5 Å². The van der Waals surface area contributed by atoms with Crippen molar-refractivity contribution < 1.29 is 9.53 Å². The molecule has 2 fully saturated rings. The number of nitrogens with one attached hydrogen (secondary N) is 1. The van der Waals surface area contributed by atoms with Crippen molar-refractivity contribution in [1.29, 1.82) is 0 Å². The average molecular weight is 470 g/mol. The van der Waals surface area contributed by atoms with Crippen LogP contribution in [0.5, 0.6) is 0 Å². The van der Waals surface area contributed by atoms with Crippen molar-refractivity contribution >= 4 is 43.1 Å². The number of hydrogen-bond acceptors (Lipinski definition) is 5. The van der Waals surface area contributed by atoms with Crippen LogP contribution in [0.2, 0.25) is 0 Å². The minimum absolute atomic E-state index is 0. The van der Waals surface area contributed by atoms with Gasteiger partial charge in [0.25, 0.3) is 0 Å². The third-order valence-electron chi connectivity index (χ3n) is 5.54. The molecule has 2 aliphatic rings. The number of amides is 1. The van der Waals surface area contributed by atoms with E-state index in [0.29, 0.717) is 13.1 Å². The minimum atomic E-state index is -0.349. The lowest BCUT2D eigenvalue weighted by atomic mass is 10.1. The molecule has 2 aliphatic heterocycles. The summed E-state index contributed by atoms with van der Waals surface area (Å²) in [5.41, 5.74) is 8.11. The van der Waals surface area contributed by atoms with Crippen LogP contribution in [0.25, 0.3) is 0 Å². The molecule has 0 saturated carbocycles. The second-order valence-corrected chi connectivity index (χ2v) is 7.26. The molecule has 6 nitrogen and oxygen atoms in total. The Kier molecular flexibility index (Phi) is 14.1. The number of rotatable bonds is 7. The third kappa shape index (κ3) is 8.21. The summed E-state index contributed by atoms with van der Waals surface area (Å²) >= 11 is 0. The van der Waals surface area contributed by atoms with E-state index < -0.39 is 0 Å². The second-order valence-electron chi connectivity index (χ2n) is 7.26. The number of halogens is 3. The van der Waals surface area contributed by atoms with Gasteiger partial charge in [0.1, 0.15) is 6.10 Å². The number of ether oxygens (including phenoxy) is 1. The summed E-state index contributed by atoms with van der Waals surface area (Å²) in [6, 6.07) is 8.39. The summed E-state index contributed by atoms with van der Waals surface area (Å²) in [4.78, 5) is 17.3. The van der Waals surface area contributed by atoms with Gasteiger partial charge in [-0.2, -0.15) is 0 Å². The topological polar surface area (TPSA) is 70.8 Å². The Morgan fingerprint density at radius 1 is 1.07 bits per heavy atom. The van der Waals surface area contributed by atoms with Gasteiger partial charge in [0, 0.05) is 45.8 Å². The van der Waals surface area contributed by atoms with E-state index in [0.717, 1.165) is 52.1 Å². The van der Waals surface area contributed by atoms with Crippen LogP contribution in [0.4, 0.5) is 0 Å². The van der Waals surface area contributed by atoms with Crippen molar-refractivity contribution in [2.75, 3.05) is 39.3 Å². The highest BCUT2D eigenvalue weighted by Gasteiger charge is 2.29. The van der Waals surface area contributed by atoms with Crippen molar-refractivity contribution in [2.24, 2.45) is 5.73 Å². The summed E-state index contributed by atoms with van der Waals surface area (Å²) in [6.07, 6.45) is 1.31. The first-order chi connectivity index (χ1) is 12.7. The zero-order valence-corrected chi connectivity index (χ0v) is 19.5. The Hall–Kier alpha value is -0.600. The van der Waals surface area contributed by atoms with Gasteiger partial charge in [0.15, 0.2) is 0 Å². The van der Waals surface area contributed by atoms with E-state index in [1.165, 1.54) is 11.1 Å². The second kappa shape index (κ2) is 14.4. The van der Waals surface area contributed by atoms with Crippen molar-refractivity contribution in [2.45, 2.75) is 45.1 Å². The number of benzene rings is 1. The molecule has 2 atom stereocenters. The number of likely N-dealkylation sites (N-methyl/N-ethyl adjacent to an activating group) is 1. The molecule has 0 aromatic heterocycles. The lowest BCUT2D eigenvalue weighted by molar-refractivity contribution is -0.132. The van der Waals surface area contributed by atoms with Crippen molar-refractivity contribution in [3.63, 3.8) is 0 Å². The molecule has 168 valence electrons. The van der Waals surface area contributed by atoms with E-state index in [4.69, 9.17) is 10.5 Å². The normalized spacial score (nSPS) is 22.1. The van der Waals surface area contributed by atoms with Crippen LogP contribution >= 0.6 is 37.2 Å². The first kappa shape index (κ1) is 28.4. The number of carbonyl (C=O) groups is 1. The van der Waals surface area contributed by atoms with Crippen LogP contribution in [0.15, 0.2) is 24.3 Å². The first-order valence-electron chi connectivity index (χ1n) is 9.84. The standard InChI is InChI=1S/C20H32N4O2.3ClH/c1-2-23-9-11-24(12-10-23)15-17-6-4-3-5-16(17)14-22-20(25)19-8-7-18(13-21)26-19;;;/h3-6,18-19H,2,7-15,21H2,1H3,(H,22,25);3*1H/t18-,19+;;;/m1.../s1. The van der Waals surface area contributed by atoms with Crippen molar-refractivity contribution in [1.82, 2.24) is 15.1 Å². The zero-order valence-electron chi connectivity index (χ0n) is 17.0. The maximum atomic E-state index is 12.4. The van der Waals surface area contributed by atoms with Gasteiger partial charge >= 0.3 is 0 Å². The Labute approximate surface area is 193 Å². The molecule has 0 aliphatic carbocycles. The highest BCUT2D eigenvalue weighted by atomic mass is 35.5. The predicted octanol–water partition coefficient (Wildman–Crippen LogP) is 2.21. The van der Waals surface area contributed by atoms with Gasteiger partial charge in [-0.25, -0.2) is 0 Å².